The number of nitrogens with two attached hydrogens (primary N) is 1. The number of hydrogen-bond acceptors (Lipinski definition) is 3. The summed E-state index contributed by atoms with van der Waals surface area (Å²) in [5, 5.41) is 9.88. The molecule has 0 saturated carbocycles. The van der Waals surface area contributed by atoms with Gasteiger partial charge in [0.15, 0.2) is 0 Å². The van der Waals surface area contributed by atoms with Gasteiger partial charge < -0.3 is 10.8 Å². The molecular weight excluding hydrogens is 200 g/mol. The zero-order valence-corrected chi connectivity index (χ0v) is 9.82. The Kier molecular flexibility index (Phi) is 3.28. The molecule has 0 aromatic heterocycles. The fraction of sp³-hybridized carbons (Fsp3) is 0.538. The van der Waals surface area contributed by atoms with Crippen LogP contribution in [0.3, 0.4) is 0 Å². The number of nitrogens with zero attached hydrogens (tertiary/aromatic N) is 1. The van der Waals surface area contributed by atoms with E-state index in [2.05, 4.69) is 17.0 Å². The van der Waals surface area contributed by atoms with Crippen LogP contribution in [-0.2, 0) is 13.1 Å². The van der Waals surface area contributed by atoms with Gasteiger partial charge in [-0.3, -0.25) is 4.90 Å². The molecule has 1 aromatic carbocycles. The normalized spacial score (nSPS) is 26.2. The predicted molar refractivity (Wildman–Crippen MR) is 64.9 cm³/mol. The van der Waals surface area contributed by atoms with Crippen LogP contribution in [0.5, 0.6) is 0 Å². The van der Waals surface area contributed by atoms with Crippen LogP contribution in [0, 0.1) is 0 Å². The number of likely N-dealkylation sites (tertiary alicyclic amines) is 1. The Hall–Kier alpha value is -0.900. The van der Waals surface area contributed by atoms with E-state index in [0.717, 1.165) is 26.1 Å². The molecule has 1 aliphatic heterocycles. The van der Waals surface area contributed by atoms with E-state index in [9.17, 15) is 5.11 Å². The van der Waals surface area contributed by atoms with E-state index in [0.29, 0.717) is 6.54 Å². The van der Waals surface area contributed by atoms with E-state index in [-0.39, 0.29) is 0 Å². The molecule has 16 heavy (non-hydrogen) atoms. The first-order chi connectivity index (χ1) is 7.59. The third kappa shape index (κ3) is 2.82. The lowest BCUT2D eigenvalue weighted by molar-refractivity contribution is 0.0679. The molecule has 1 saturated heterocycles. The van der Waals surface area contributed by atoms with E-state index < -0.39 is 5.60 Å². The average Bonchev–Trinajstić information content (AvgIpc) is 2.58. The summed E-state index contributed by atoms with van der Waals surface area (Å²) in [6.45, 7) is 5.14. The SMILES string of the molecule is CC1(O)CCN(Cc2cccc(CN)c2)C1. The molecule has 1 aromatic rings. The minimum atomic E-state index is -0.508. The lowest BCUT2D eigenvalue weighted by atomic mass is 10.1. The van der Waals surface area contributed by atoms with Crippen molar-refractivity contribution in [2.24, 2.45) is 5.73 Å². The number of rotatable bonds is 3. The van der Waals surface area contributed by atoms with E-state index >= 15 is 0 Å². The summed E-state index contributed by atoms with van der Waals surface area (Å²) in [5.74, 6) is 0. The van der Waals surface area contributed by atoms with Crippen LogP contribution in [0.2, 0.25) is 0 Å². The Bertz CT molecular complexity index is 363. The van der Waals surface area contributed by atoms with Gasteiger partial charge in [-0.15, -0.1) is 0 Å². The highest BCUT2D eigenvalue weighted by Crippen LogP contribution is 2.22. The quantitative estimate of drug-likeness (QED) is 0.802. The lowest BCUT2D eigenvalue weighted by Crippen LogP contribution is -2.29. The van der Waals surface area contributed by atoms with Gasteiger partial charge in [-0.2, -0.15) is 0 Å². The van der Waals surface area contributed by atoms with Gasteiger partial charge in [-0.25, -0.2) is 0 Å². The number of aliphatic hydroxyl groups is 1. The second-order valence-corrected chi connectivity index (χ2v) is 4.98. The van der Waals surface area contributed by atoms with Gasteiger partial charge in [0.05, 0.1) is 5.60 Å². The maximum absolute atomic E-state index is 9.88. The van der Waals surface area contributed by atoms with Gasteiger partial charge >= 0.3 is 0 Å². The van der Waals surface area contributed by atoms with E-state index in [1.807, 2.05) is 19.1 Å². The third-order valence-electron chi connectivity index (χ3n) is 3.16. The molecule has 1 fully saturated rings. The van der Waals surface area contributed by atoms with E-state index in [4.69, 9.17) is 5.73 Å². The summed E-state index contributed by atoms with van der Waals surface area (Å²) < 4.78 is 0. The van der Waals surface area contributed by atoms with Crippen LogP contribution in [0.1, 0.15) is 24.5 Å². The summed E-state index contributed by atoms with van der Waals surface area (Å²) in [7, 11) is 0. The zero-order chi connectivity index (χ0) is 11.6. The molecule has 1 atom stereocenters. The van der Waals surface area contributed by atoms with Crippen molar-refractivity contribution >= 4 is 0 Å². The first kappa shape index (κ1) is 11.6. The van der Waals surface area contributed by atoms with Gasteiger partial charge in [-0.05, 0) is 24.5 Å². The van der Waals surface area contributed by atoms with Crippen molar-refractivity contribution in [1.29, 1.82) is 0 Å². The van der Waals surface area contributed by atoms with Crippen molar-refractivity contribution in [3.63, 3.8) is 0 Å². The van der Waals surface area contributed by atoms with Crippen LogP contribution in [0.25, 0.3) is 0 Å². The van der Waals surface area contributed by atoms with Crippen molar-refractivity contribution in [3.8, 4) is 0 Å². The Labute approximate surface area is 96.9 Å². The average molecular weight is 220 g/mol. The molecule has 3 N–H and O–H groups in total. The summed E-state index contributed by atoms with van der Waals surface area (Å²) in [5.41, 5.74) is 7.56. The Morgan fingerprint density at radius 2 is 2.19 bits per heavy atom. The Morgan fingerprint density at radius 1 is 1.44 bits per heavy atom. The Morgan fingerprint density at radius 3 is 2.81 bits per heavy atom. The molecule has 1 heterocycles. The molecule has 3 heteroatoms. The summed E-state index contributed by atoms with van der Waals surface area (Å²) in [6, 6.07) is 8.36. The molecular formula is C13H20N2O. The van der Waals surface area contributed by atoms with Gasteiger partial charge in [0.2, 0.25) is 0 Å². The number of hydrogen-bond donors (Lipinski definition) is 2. The minimum Gasteiger partial charge on any atom is -0.389 e. The maximum atomic E-state index is 9.88. The fourth-order valence-electron chi connectivity index (χ4n) is 2.29. The van der Waals surface area contributed by atoms with Crippen LogP contribution >= 0.6 is 0 Å². The largest absolute Gasteiger partial charge is 0.389 e. The molecule has 0 aliphatic carbocycles. The molecule has 0 radical (unpaired) electrons. The predicted octanol–water partition coefficient (Wildman–Crippen LogP) is 1.10. The maximum Gasteiger partial charge on any atom is 0.0758 e. The van der Waals surface area contributed by atoms with Gasteiger partial charge in [0.1, 0.15) is 0 Å². The topological polar surface area (TPSA) is 49.5 Å². The molecule has 2 rings (SSSR count). The van der Waals surface area contributed by atoms with Gasteiger partial charge in [0, 0.05) is 26.2 Å². The standard InChI is InChI=1S/C13H20N2O/c1-13(16)5-6-15(10-13)9-12-4-2-3-11(7-12)8-14/h2-4,7,16H,5-6,8-10,14H2,1H3. The van der Waals surface area contributed by atoms with E-state index in [1.54, 1.807) is 0 Å². The molecule has 3 nitrogen and oxygen atoms in total. The minimum absolute atomic E-state index is 0.508. The van der Waals surface area contributed by atoms with Crippen LogP contribution < -0.4 is 5.73 Å². The molecule has 0 amide bonds. The summed E-state index contributed by atoms with van der Waals surface area (Å²) in [6.07, 6.45) is 0.865. The van der Waals surface area contributed by atoms with Gasteiger partial charge in [-0.1, -0.05) is 24.3 Å². The van der Waals surface area contributed by atoms with Crippen LogP contribution in [-0.4, -0.2) is 28.7 Å². The van der Waals surface area contributed by atoms with Crippen molar-refractivity contribution in [2.75, 3.05) is 13.1 Å². The molecule has 0 spiro atoms. The van der Waals surface area contributed by atoms with Crippen molar-refractivity contribution in [3.05, 3.63) is 35.4 Å². The highest BCUT2D eigenvalue weighted by atomic mass is 16.3. The lowest BCUT2D eigenvalue weighted by Gasteiger charge is -2.19. The highest BCUT2D eigenvalue weighted by molar-refractivity contribution is 5.23. The van der Waals surface area contributed by atoms with Crippen molar-refractivity contribution < 1.29 is 5.11 Å². The summed E-state index contributed by atoms with van der Waals surface area (Å²) >= 11 is 0. The second-order valence-electron chi connectivity index (χ2n) is 4.98. The molecule has 1 aliphatic rings. The molecule has 0 bridgehead atoms. The number of benzene rings is 1. The van der Waals surface area contributed by atoms with Crippen LogP contribution in [0.15, 0.2) is 24.3 Å². The first-order valence-corrected chi connectivity index (χ1v) is 5.82. The van der Waals surface area contributed by atoms with E-state index in [1.165, 1.54) is 11.1 Å². The van der Waals surface area contributed by atoms with Crippen molar-refractivity contribution in [2.45, 2.75) is 32.0 Å². The molecule has 88 valence electrons. The zero-order valence-electron chi connectivity index (χ0n) is 9.82. The Balaban J connectivity index is 1.99. The third-order valence-corrected chi connectivity index (χ3v) is 3.16. The highest BCUT2D eigenvalue weighted by Gasteiger charge is 2.30. The fourth-order valence-corrected chi connectivity index (χ4v) is 2.29. The van der Waals surface area contributed by atoms with Crippen molar-refractivity contribution in [1.82, 2.24) is 4.90 Å². The second kappa shape index (κ2) is 4.53. The van der Waals surface area contributed by atoms with Crippen LogP contribution in [0.4, 0.5) is 0 Å². The van der Waals surface area contributed by atoms with Gasteiger partial charge in [0.25, 0.3) is 0 Å². The summed E-state index contributed by atoms with van der Waals surface area (Å²) in [4.78, 5) is 2.29. The number of β-amino-alcohol motifs (C(OH)–C–C–N with tert-alkyl or cyclic N) is 1. The smallest absolute Gasteiger partial charge is 0.0758 e. The first-order valence-electron chi connectivity index (χ1n) is 5.82. The molecule has 1 unspecified atom stereocenters. The monoisotopic (exact) mass is 220 g/mol.